The van der Waals surface area contributed by atoms with Crippen LogP contribution in [-0.2, 0) is 11.2 Å². The number of carbonyl (C=O) groups is 1. The van der Waals surface area contributed by atoms with Gasteiger partial charge in [-0.25, -0.2) is 0 Å². The van der Waals surface area contributed by atoms with Crippen molar-refractivity contribution in [3.8, 4) is 0 Å². The molecule has 0 aliphatic heterocycles. The van der Waals surface area contributed by atoms with Crippen LogP contribution < -0.4 is 0 Å². The van der Waals surface area contributed by atoms with Crippen molar-refractivity contribution in [2.45, 2.75) is 27.2 Å². The van der Waals surface area contributed by atoms with Gasteiger partial charge in [-0.3, -0.25) is 0 Å². The predicted molar refractivity (Wildman–Crippen MR) is 54.8 cm³/mol. The molecule has 0 radical (unpaired) electrons. The van der Waals surface area contributed by atoms with Gasteiger partial charge in [-0.15, -0.1) is 0 Å². The second-order valence-corrected chi connectivity index (χ2v) is 3.75. The molecule has 0 aromatic heterocycles. The van der Waals surface area contributed by atoms with Crippen LogP contribution in [0, 0.1) is 19.8 Å². The number of rotatable bonds is 3. The molecule has 0 heterocycles. The standard InChI is InChI=1S/C12H16O/c1-9-4-5-12(11(3)6-9)7-10(2)8-13/h4-6,8,10H,7H2,1-3H3. The first kappa shape index (κ1) is 9.97. The van der Waals surface area contributed by atoms with E-state index in [1.165, 1.54) is 16.7 Å². The van der Waals surface area contributed by atoms with E-state index < -0.39 is 0 Å². The largest absolute Gasteiger partial charge is 0.303 e. The first-order valence-electron chi connectivity index (χ1n) is 4.65. The van der Waals surface area contributed by atoms with Crippen molar-refractivity contribution in [1.82, 2.24) is 0 Å². The Hall–Kier alpha value is -1.11. The summed E-state index contributed by atoms with van der Waals surface area (Å²) in [5, 5.41) is 0. The average molecular weight is 176 g/mol. The van der Waals surface area contributed by atoms with Gasteiger partial charge >= 0.3 is 0 Å². The highest BCUT2D eigenvalue weighted by atomic mass is 16.1. The molecule has 0 aliphatic rings. The topological polar surface area (TPSA) is 17.1 Å². The second-order valence-electron chi connectivity index (χ2n) is 3.75. The molecule has 0 aliphatic carbocycles. The molecule has 1 aromatic carbocycles. The van der Waals surface area contributed by atoms with Gasteiger partial charge in [0.15, 0.2) is 0 Å². The maximum Gasteiger partial charge on any atom is 0.123 e. The van der Waals surface area contributed by atoms with E-state index in [9.17, 15) is 4.79 Å². The van der Waals surface area contributed by atoms with Crippen molar-refractivity contribution in [2.75, 3.05) is 0 Å². The third-order valence-corrected chi connectivity index (χ3v) is 2.27. The highest BCUT2D eigenvalue weighted by molar-refractivity contribution is 5.54. The minimum absolute atomic E-state index is 0.126. The highest BCUT2D eigenvalue weighted by Gasteiger charge is 2.03. The average Bonchev–Trinajstić information content (AvgIpc) is 2.09. The maximum absolute atomic E-state index is 10.5. The van der Waals surface area contributed by atoms with Crippen molar-refractivity contribution in [2.24, 2.45) is 5.92 Å². The van der Waals surface area contributed by atoms with E-state index in [1.807, 2.05) is 6.92 Å². The van der Waals surface area contributed by atoms with Gasteiger partial charge in [0.05, 0.1) is 0 Å². The Morgan fingerprint density at radius 1 is 1.38 bits per heavy atom. The molecule has 0 fully saturated rings. The van der Waals surface area contributed by atoms with Crippen molar-refractivity contribution in [3.05, 3.63) is 34.9 Å². The number of aryl methyl sites for hydroxylation is 2. The van der Waals surface area contributed by atoms with E-state index >= 15 is 0 Å². The molecule has 13 heavy (non-hydrogen) atoms. The smallest absolute Gasteiger partial charge is 0.123 e. The van der Waals surface area contributed by atoms with E-state index in [0.29, 0.717) is 0 Å². The zero-order valence-corrected chi connectivity index (χ0v) is 8.50. The fourth-order valence-electron chi connectivity index (χ4n) is 1.47. The van der Waals surface area contributed by atoms with E-state index in [4.69, 9.17) is 0 Å². The van der Waals surface area contributed by atoms with Crippen LogP contribution in [0.4, 0.5) is 0 Å². The molecule has 0 N–H and O–H groups in total. The predicted octanol–water partition coefficient (Wildman–Crippen LogP) is 2.68. The Morgan fingerprint density at radius 2 is 2.08 bits per heavy atom. The lowest BCUT2D eigenvalue weighted by atomic mass is 9.97. The molecule has 0 saturated carbocycles. The fraction of sp³-hybridized carbons (Fsp3) is 0.417. The summed E-state index contributed by atoms with van der Waals surface area (Å²) in [6, 6.07) is 6.37. The number of aldehydes is 1. The summed E-state index contributed by atoms with van der Waals surface area (Å²) in [6.45, 7) is 6.13. The van der Waals surface area contributed by atoms with Gasteiger partial charge in [0, 0.05) is 5.92 Å². The molecule has 0 bridgehead atoms. The monoisotopic (exact) mass is 176 g/mol. The van der Waals surface area contributed by atoms with Gasteiger partial charge in [0.2, 0.25) is 0 Å². The van der Waals surface area contributed by atoms with Crippen LogP contribution in [0.1, 0.15) is 23.6 Å². The lowest BCUT2D eigenvalue weighted by Crippen LogP contribution is -2.02. The molecule has 0 amide bonds. The van der Waals surface area contributed by atoms with Gasteiger partial charge in [-0.05, 0) is 31.4 Å². The third kappa shape index (κ3) is 2.69. The summed E-state index contributed by atoms with van der Waals surface area (Å²) >= 11 is 0. The van der Waals surface area contributed by atoms with Gasteiger partial charge in [0.1, 0.15) is 6.29 Å². The van der Waals surface area contributed by atoms with Gasteiger partial charge in [-0.1, -0.05) is 30.7 Å². The summed E-state index contributed by atoms with van der Waals surface area (Å²) in [6.07, 6.45) is 1.87. The molecule has 1 rings (SSSR count). The SMILES string of the molecule is Cc1ccc(CC(C)C=O)c(C)c1. The summed E-state index contributed by atoms with van der Waals surface area (Å²) in [4.78, 5) is 10.5. The highest BCUT2D eigenvalue weighted by Crippen LogP contribution is 2.13. The Bertz CT molecular complexity index is 302. The molecule has 1 unspecified atom stereocenters. The number of hydrogen-bond donors (Lipinski definition) is 0. The summed E-state index contributed by atoms with van der Waals surface area (Å²) < 4.78 is 0. The summed E-state index contributed by atoms with van der Waals surface area (Å²) in [7, 11) is 0. The van der Waals surface area contributed by atoms with Crippen LogP contribution in [0.3, 0.4) is 0 Å². The lowest BCUT2D eigenvalue weighted by Gasteiger charge is -2.08. The third-order valence-electron chi connectivity index (χ3n) is 2.27. The van der Waals surface area contributed by atoms with E-state index in [0.717, 1.165) is 12.7 Å². The van der Waals surface area contributed by atoms with E-state index in [-0.39, 0.29) is 5.92 Å². The van der Waals surface area contributed by atoms with E-state index in [2.05, 4.69) is 32.0 Å². The van der Waals surface area contributed by atoms with Crippen molar-refractivity contribution in [3.63, 3.8) is 0 Å². The van der Waals surface area contributed by atoms with Crippen LogP contribution in [0.25, 0.3) is 0 Å². The molecule has 0 spiro atoms. The molecule has 1 atom stereocenters. The molecule has 0 saturated heterocycles. The van der Waals surface area contributed by atoms with Crippen molar-refractivity contribution in [1.29, 1.82) is 0 Å². The number of carbonyl (C=O) groups excluding carboxylic acids is 1. The fourth-order valence-corrected chi connectivity index (χ4v) is 1.47. The second kappa shape index (κ2) is 4.22. The Kier molecular flexibility index (Phi) is 3.24. The maximum atomic E-state index is 10.5. The zero-order chi connectivity index (χ0) is 9.84. The minimum atomic E-state index is 0.126. The first-order valence-corrected chi connectivity index (χ1v) is 4.65. The van der Waals surface area contributed by atoms with Crippen LogP contribution in [0.2, 0.25) is 0 Å². The zero-order valence-electron chi connectivity index (χ0n) is 8.50. The van der Waals surface area contributed by atoms with Crippen LogP contribution in [-0.4, -0.2) is 6.29 Å². The Labute approximate surface area is 79.8 Å². The molecule has 70 valence electrons. The van der Waals surface area contributed by atoms with Gasteiger partial charge in [0.25, 0.3) is 0 Å². The number of benzene rings is 1. The quantitative estimate of drug-likeness (QED) is 0.647. The molecule has 1 nitrogen and oxygen atoms in total. The lowest BCUT2D eigenvalue weighted by molar-refractivity contribution is -0.110. The number of hydrogen-bond acceptors (Lipinski definition) is 1. The Morgan fingerprint density at radius 3 is 2.62 bits per heavy atom. The Balaban J connectivity index is 2.83. The van der Waals surface area contributed by atoms with Gasteiger partial charge in [-0.2, -0.15) is 0 Å². The normalized spacial score (nSPS) is 12.5. The summed E-state index contributed by atoms with van der Waals surface area (Å²) in [5.74, 6) is 0.126. The van der Waals surface area contributed by atoms with E-state index in [1.54, 1.807) is 0 Å². The van der Waals surface area contributed by atoms with Crippen molar-refractivity contribution >= 4 is 6.29 Å². The molecule has 1 heteroatoms. The minimum Gasteiger partial charge on any atom is -0.303 e. The first-order chi connectivity index (χ1) is 6.13. The van der Waals surface area contributed by atoms with Crippen molar-refractivity contribution < 1.29 is 4.79 Å². The molecule has 1 aromatic rings. The van der Waals surface area contributed by atoms with Crippen LogP contribution in [0.5, 0.6) is 0 Å². The molecular formula is C12H16O. The summed E-state index contributed by atoms with van der Waals surface area (Å²) in [5.41, 5.74) is 3.85. The van der Waals surface area contributed by atoms with Crippen LogP contribution >= 0.6 is 0 Å². The van der Waals surface area contributed by atoms with Crippen LogP contribution in [0.15, 0.2) is 18.2 Å². The molecular weight excluding hydrogens is 160 g/mol. The van der Waals surface area contributed by atoms with Gasteiger partial charge < -0.3 is 4.79 Å².